The first-order chi connectivity index (χ1) is 14.4. The molecule has 1 N–H and O–H groups in total. The van der Waals surface area contributed by atoms with Gasteiger partial charge in [-0.25, -0.2) is 0 Å². The lowest BCUT2D eigenvalue weighted by Gasteiger charge is -2.10. The van der Waals surface area contributed by atoms with Gasteiger partial charge in [-0.1, -0.05) is 23.5 Å². The smallest absolute Gasteiger partial charge is 0.308 e. The molecule has 0 aliphatic carbocycles. The van der Waals surface area contributed by atoms with Crippen LogP contribution in [0, 0.1) is 0 Å². The van der Waals surface area contributed by atoms with Gasteiger partial charge in [-0.05, 0) is 36.4 Å². The van der Waals surface area contributed by atoms with E-state index in [0.29, 0.717) is 27.4 Å². The lowest BCUT2D eigenvalue weighted by Crippen LogP contribution is -2.29. The highest BCUT2D eigenvalue weighted by Gasteiger charge is 2.35. The number of imide groups is 1. The van der Waals surface area contributed by atoms with E-state index in [4.69, 9.17) is 4.74 Å². The van der Waals surface area contributed by atoms with E-state index >= 15 is 0 Å². The maximum absolute atomic E-state index is 12.4. The molecule has 0 spiro atoms. The normalized spacial score (nSPS) is 12.6. The van der Waals surface area contributed by atoms with Crippen LogP contribution in [0.15, 0.2) is 48.5 Å². The Hall–Kier alpha value is -3.92. The molecule has 9 nitrogen and oxygen atoms in total. The Bertz CT molecular complexity index is 1140. The lowest BCUT2D eigenvalue weighted by atomic mass is 10.1. The number of aromatic nitrogens is 2. The van der Waals surface area contributed by atoms with E-state index in [0.717, 1.165) is 16.2 Å². The first kappa shape index (κ1) is 19.4. The summed E-state index contributed by atoms with van der Waals surface area (Å²) in [6.07, 6.45) is 0. The number of nitrogens with zero attached hydrogens (tertiary/aromatic N) is 3. The van der Waals surface area contributed by atoms with Crippen LogP contribution in [0.3, 0.4) is 0 Å². The number of benzene rings is 2. The van der Waals surface area contributed by atoms with Gasteiger partial charge in [-0.2, -0.15) is 0 Å². The molecular formula is C20H14N4O5S. The largest absolute Gasteiger partial charge is 0.427 e. The third kappa shape index (κ3) is 3.80. The average molecular weight is 422 g/mol. The summed E-state index contributed by atoms with van der Waals surface area (Å²) in [6.45, 7) is 1.26. The molecule has 1 aromatic heterocycles. The number of rotatable bonds is 5. The van der Waals surface area contributed by atoms with Gasteiger partial charge in [0.15, 0.2) is 0 Å². The fourth-order valence-electron chi connectivity index (χ4n) is 2.90. The van der Waals surface area contributed by atoms with Gasteiger partial charge < -0.3 is 4.74 Å². The maximum atomic E-state index is 12.4. The van der Waals surface area contributed by atoms with Crippen LogP contribution < -0.4 is 10.1 Å². The van der Waals surface area contributed by atoms with Crippen LogP contribution >= 0.6 is 11.3 Å². The highest BCUT2D eigenvalue weighted by atomic mass is 32.1. The molecule has 0 bridgehead atoms. The molecule has 2 heterocycles. The molecule has 30 heavy (non-hydrogen) atoms. The van der Waals surface area contributed by atoms with Crippen LogP contribution in [0.5, 0.6) is 5.75 Å². The number of esters is 1. The molecule has 0 unspecified atom stereocenters. The quantitative estimate of drug-likeness (QED) is 0.381. The van der Waals surface area contributed by atoms with Crippen LogP contribution in [0.2, 0.25) is 0 Å². The summed E-state index contributed by atoms with van der Waals surface area (Å²) >= 11 is 1.07. The second-order valence-corrected chi connectivity index (χ2v) is 7.38. The summed E-state index contributed by atoms with van der Waals surface area (Å²) in [6, 6.07) is 12.6. The van der Waals surface area contributed by atoms with E-state index in [2.05, 4.69) is 15.5 Å². The van der Waals surface area contributed by atoms with E-state index in [1.54, 1.807) is 24.3 Å². The standard InChI is InChI=1S/C20H14N4O5S/c1-11(25)29-13-8-6-12(7-9-13)17(26)21-20-23-22-16(30-20)10-24-18(27)14-4-2-3-5-15(14)19(24)28/h2-9H,10H2,1H3,(H,21,23,26). The molecule has 0 saturated heterocycles. The third-order valence-corrected chi connectivity index (χ3v) is 5.06. The second kappa shape index (κ2) is 7.84. The molecule has 3 amide bonds. The first-order valence-electron chi connectivity index (χ1n) is 8.80. The van der Waals surface area contributed by atoms with Gasteiger partial charge in [0.05, 0.1) is 17.7 Å². The summed E-state index contributed by atoms with van der Waals surface area (Å²) in [5.74, 6) is -1.31. The van der Waals surface area contributed by atoms with Gasteiger partial charge in [0, 0.05) is 12.5 Å². The summed E-state index contributed by atoms with van der Waals surface area (Å²) in [5.41, 5.74) is 1.05. The average Bonchev–Trinajstić information content (AvgIpc) is 3.26. The van der Waals surface area contributed by atoms with Crippen molar-refractivity contribution in [1.29, 1.82) is 0 Å². The number of amides is 3. The minimum Gasteiger partial charge on any atom is -0.427 e. The lowest BCUT2D eigenvalue weighted by molar-refractivity contribution is -0.131. The van der Waals surface area contributed by atoms with Crippen molar-refractivity contribution >= 4 is 40.2 Å². The molecule has 0 radical (unpaired) electrons. The number of anilines is 1. The fraction of sp³-hybridized carbons (Fsp3) is 0.100. The highest BCUT2D eigenvalue weighted by Crippen LogP contribution is 2.26. The SMILES string of the molecule is CC(=O)Oc1ccc(C(=O)Nc2nnc(CN3C(=O)c4ccccc4C3=O)s2)cc1. The van der Waals surface area contributed by atoms with Crippen molar-refractivity contribution in [3.63, 3.8) is 0 Å². The number of hydrogen-bond donors (Lipinski definition) is 1. The van der Waals surface area contributed by atoms with Crippen molar-refractivity contribution in [2.45, 2.75) is 13.5 Å². The van der Waals surface area contributed by atoms with Crippen molar-refractivity contribution in [2.24, 2.45) is 0 Å². The van der Waals surface area contributed by atoms with Gasteiger partial charge in [0.1, 0.15) is 10.8 Å². The van der Waals surface area contributed by atoms with Crippen LogP contribution in [-0.4, -0.2) is 38.8 Å². The van der Waals surface area contributed by atoms with Crippen molar-refractivity contribution in [1.82, 2.24) is 15.1 Å². The minimum atomic E-state index is -0.452. The second-order valence-electron chi connectivity index (χ2n) is 6.32. The van der Waals surface area contributed by atoms with Crippen molar-refractivity contribution in [3.05, 3.63) is 70.2 Å². The third-order valence-electron chi connectivity index (χ3n) is 4.24. The Kier molecular flexibility index (Phi) is 5.07. The van der Waals surface area contributed by atoms with E-state index in [-0.39, 0.29) is 23.5 Å². The molecule has 10 heteroatoms. The van der Waals surface area contributed by atoms with Gasteiger partial charge in [-0.3, -0.25) is 29.4 Å². The Labute approximate surface area is 174 Å². The van der Waals surface area contributed by atoms with Gasteiger partial charge in [-0.15, -0.1) is 10.2 Å². The monoisotopic (exact) mass is 422 g/mol. The predicted molar refractivity (Wildman–Crippen MR) is 106 cm³/mol. The van der Waals surface area contributed by atoms with E-state index < -0.39 is 11.9 Å². The topological polar surface area (TPSA) is 119 Å². The Morgan fingerprint density at radius 3 is 2.23 bits per heavy atom. The van der Waals surface area contributed by atoms with Crippen LogP contribution in [0.25, 0.3) is 0 Å². The number of hydrogen-bond acceptors (Lipinski definition) is 8. The molecular weight excluding hydrogens is 408 g/mol. The van der Waals surface area contributed by atoms with Crippen LogP contribution in [0.1, 0.15) is 43.0 Å². The molecule has 0 fully saturated rings. The number of carbonyl (C=O) groups is 4. The van der Waals surface area contributed by atoms with Crippen molar-refractivity contribution < 1.29 is 23.9 Å². The maximum Gasteiger partial charge on any atom is 0.308 e. The molecule has 0 saturated carbocycles. The molecule has 2 aromatic carbocycles. The molecule has 3 aromatic rings. The molecule has 0 atom stereocenters. The van der Waals surface area contributed by atoms with E-state index in [1.165, 1.54) is 31.2 Å². The van der Waals surface area contributed by atoms with E-state index in [9.17, 15) is 19.2 Å². The van der Waals surface area contributed by atoms with Gasteiger partial charge in [0.2, 0.25) is 5.13 Å². The molecule has 150 valence electrons. The van der Waals surface area contributed by atoms with Gasteiger partial charge >= 0.3 is 5.97 Å². The summed E-state index contributed by atoms with van der Waals surface area (Å²) in [5, 5.41) is 11.1. The number of carbonyl (C=O) groups excluding carboxylic acids is 4. The molecule has 4 rings (SSSR count). The predicted octanol–water partition coefficient (Wildman–Crippen LogP) is 2.51. The zero-order valence-electron chi connectivity index (χ0n) is 15.6. The zero-order valence-corrected chi connectivity index (χ0v) is 16.4. The van der Waals surface area contributed by atoms with Crippen molar-refractivity contribution in [3.8, 4) is 5.75 Å². The fourth-order valence-corrected chi connectivity index (χ4v) is 3.62. The van der Waals surface area contributed by atoms with Gasteiger partial charge in [0.25, 0.3) is 17.7 Å². The minimum absolute atomic E-state index is 0.0308. The Morgan fingerprint density at radius 2 is 1.63 bits per heavy atom. The number of nitrogens with one attached hydrogen (secondary N) is 1. The van der Waals surface area contributed by atoms with E-state index in [1.807, 2.05) is 0 Å². The van der Waals surface area contributed by atoms with Crippen LogP contribution in [-0.2, 0) is 11.3 Å². The summed E-state index contributed by atoms with van der Waals surface area (Å²) < 4.78 is 4.92. The highest BCUT2D eigenvalue weighted by molar-refractivity contribution is 7.15. The number of ether oxygens (including phenoxy) is 1. The summed E-state index contributed by atoms with van der Waals surface area (Å²) in [4.78, 5) is 49.3. The summed E-state index contributed by atoms with van der Waals surface area (Å²) in [7, 11) is 0. The Morgan fingerprint density at radius 1 is 1.00 bits per heavy atom. The zero-order chi connectivity index (χ0) is 21.3. The first-order valence-corrected chi connectivity index (χ1v) is 9.61. The molecule has 1 aliphatic heterocycles. The molecule has 1 aliphatic rings. The van der Waals surface area contributed by atoms with Crippen LogP contribution in [0.4, 0.5) is 5.13 Å². The van der Waals surface area contributed by atoms with Crippen molar-refractivity contribution in [2.75, 3.05) is 5.32 Å². The number of fused-ring (bicyclic) bond motifs is 1. The Balaban J connectivity index is 1.41.